The molecular formula is C13H14N2O3S. The number of carboxylic acid groups (broad SMARTS) is 1. The highest BCUT2D eigenvalue weighted by molar-refractivity contribution is 7.17. The smallest absolute Gasteiger partial charge is 0.326 e. The van der Waals surface area contributed by atoms with Crippen LogP contribution in [0.2, 0.25) is 0 Å². The summed E-state index contributed by atoms with van der Waals surface area (Å²) in [6.07, 6.45) is 2.16. The molecule has 0 saturated carbocycles. The molecule has 0 aliphatic carbocycles. The summed E-state index contributed by atoms with van der Waals surface area (Å²) in [5.74, 6) is -0.0840. The van der Waals surface area contributed by atoms with Crippen LogP contribution in [0.3, 0.4) is 0 Å². The van der Waals surface area contributed by atoms with Gasteiger partial charge in [-0.3, -0.25) is 0 Å². The molecule has 1 aliphatic heterocycles. The van der Waals surface area contributed by atoms with Crippen LogP contribution < -0.4 is 4.90 Å². The Labute approximate surface area is 114 Å². The molecule has 1 aliphatic rings. The normalized spacial score (nSPS) is 23.1. The molecule has 1 N–H and O–H groups in total. The summed E-state index contributed by atoms with van der Waals surface area (Å²) < 4.78 is 6.43. The minimum atomic E-state index is -0.825. The first-order chi connectivity index (χ1) is 9.20. The fourth-order valence-electron chi connectivity index (χ4n) is 2.55. The maximum Gasteiger partial charge on any atom is 0.326 e. The van der Waals surface area contributed by atoms with E-state index in [0.717, 1.165) is 15.9 Å². The van der Waals surface area contributed by atoms with Crippen molar-refractivity contribution in [2.75, 3.05) is 18.6 Å². The summed E-state index contributed by atoms with van der Waals surface area (Å²) in [5.41, 5.74) is 0. The number of aliphatic carboxylic acids is 1. The van der Waals surface area contributed by atoms with E-state index in [4.69, 9.17) is 4.74 Å². The van der Waals surface area contributed by atoms with Gasteiger partial charge in [-0.2, -0.15) is 0 Å². The van der Waals surface area contributed by atoms with Crippen molar-refractivity contribution in [2.24, 2.45) is 0 Å². The van der Waals surface area contributed by atoms with Crippen molar-refractivity contribution in [3.05, 3.63) is 23.7 Å². The Kier molecular flexibility index (Phi) is 3.12. The van der Waals surface area contributed by atoms with Gasteiger partial charge in [-0.25, -0.2) is 9.78 Å². The van der Waals surface area contributed by atoms with Gasteiger partial charge in [0.05, 0.1) is 6.10 Å². The Bertz CT molecular complexity index is 613. The predicted octanol–water partition coefficient (Wildman–Crippen LogP) is 1.97. The van der Waals surface area contributed by atoms with E-state index in [2.05, 4.69) is 4.98 Å². The number of fused-ring (bicyclic) bond motifs is 1. The lowest BCUT2D eigenvalue weighted by Crippen LogP contribution is -2.36. The predicted molar refractivity (Wildman–Crippen MR) is 73.8 cm³/mol. The van der Waals surface area contributed by atoms with E-state index in [9.17, 15) is 9.90 Å². The van der Waals surface area contributed by atoms with Gasteiger partial charge in [-0.15, -0.1) is 11.3 Å². The van der Waals surface area contributed by atoms with E-state index in [1.165, 1.54) is 0 Å². The van der Waals surface area contributed by atoms with E-state index in [-0.39, 0.29) is 6.10 Å². The molecule has 2 atom stereocenters. The largest absolute Gasteiger partial charge is 0.480 e. The van der Waals surface area contributed by atoms with Crippen LogP contribution in [-0.2, 0) is 9.53 Å². The average Bonchev–Trinajstić information content (AvgIpc) is 3.04. The minimum Gasteiger partial charge on any atom is -0.480 e. The van der Waals surface area contributed by atoms with Crippen molar-refractivity contribution in [1.82, 2.24) is 4.98 Å². The third-order valence-corrected chi connectivity index (χ3v) is 4.39. The molecular weight excluding hydrogens is 264 g/mol. The number of hydrogen-bond donors (Lipinski definition) is 1. The van der Waals surface area contributed by atoms with Crippen LogP contribution in [0, 0.1) is 0 Å². The molecule has 5 nitrogen and oxygen atoms in total. The number of pyridine rings is 1. The topological polar surface area (TPSA) is 62.7 Å². The lowest BCUT2D eigenvalue weighted by atomic mass is 10.2. The van der Waals surface area contributed by atoms with Gasteiger partial charge in [-0.05, 0) is 17.5 Å². The van der Waals surface area contributed by atoms with E-state index in [0.29, 0.717) is 13.0 Å². The van der Waals surface area contributed by atoms with Gasteiger partial charge < -0.3 is 14.7 Å². The number of hydrogen-bond acceptors (Lipinski definition) is 5. The molecule has 3 rings (SSSR count). The second-order valence-corrected chi connectivity index (χ2v) is 5.51. The van der Waals surface area contributed by atoms with Gasteiger partial charge in [0.2, 0.25) is 0 Å². The maximum absolute atomic E-state index is 11.4. The number of carboxylic acids is 1. The summed E-state index contributed by atoms with van der Waals surface area (Å²) in [7, 11) is 1.62. The van der Waals surface area contributed by atoms with Gasteiger partial charge in [0.25, 0.3) is 0 Å². The van der Waals surface area contributed by atoms with E-state index in [1.807, 2.05) is 22.4 Å². The van der Waals surface area contributed by atoms with Crippen LogP contribution in [0.15, 0.2) is 23.7 Å². The first-order valence-electron chi connectivity index (χ1n) is 6.05. The molecule has 19 heavy (non-hydrogen) atoms. The zero-order chi connectivity index (χ0) is 13.4. The third kappa shape index (κ3) is 2.06. The molecule has 100 valence electrons. The van der Waals surface area contributed by atoms with Crippen LogP contribution in [0.4, 0.5) is 5.82 Å². The molecule has 1 saturated heterocycles. The minimum absolute atomic E-state index is 0.0585. The molecule has 0 amide bonds. The molecule has 0 aromatic carbocycles. The van der Waals surface area contributed by atoms with Crippen molar-refractivity contribution in [3.63, 3.8) is 0 Å². The van der Waals surface area contributed by atoms with Gasteiger partial charge >= 0.3 is 5.97 Å². The average molecular weight is 278 g/mol. The molecule has 1 fully saturated rings. The van der Waals surface area contributed by atoms with Crippen LogP contribution in [0.1, 0.15) is 6.42 Å². The van der Waals surface area contributed by atoms with Crippen molar-refractivity contribution in [1.29, 1.82) is 0 Å². The molecule has 0 radical (unpaired) electrons. The quantitative estimate of drug-likeness (QED) is 0.930. The van der Waals surface area contributed by atoms with Crippen molar-refractivity contribution in [3.8, 4) is 0 Å². The number of aromatic nitrogens is 1. The van der Waals surface area contributed by atoms with Gasteiger partial charge in [0.15, 0.2) is 0 Å². The molecule has 2 aromatic rings. The number of anilines is 1. The summed E-state index contributed by atoms with van der Waals surface area (Å²) in [4.78, 5) is 17.6. The van der Waals surface area contributed by atoms with E-state index < -0.39 is 12.0 Å². The van der Waals surface area contributed by atoms with Crippen molar-refractivity contribution >= 4 is 33.2 Å². The van der Waals surface area contributed by atoms with Crippen LogP contribution in [0.25, 0.3) is 10.1 Å². The molecule has 3 heterocycles. The zero-order valence-corrected chi connectivity index (χ0v) is 11.3. The highest BCUT2D eigenvalue weighted by Crippen LogP contribution is 2.33. The lowest BCUT2D eigenvalue weighted by Gasteiger charge is -2.22. The second kappa shape index (κ2) is 4.79. The van der Waals surface area contributed by atoms with Gasteiger partial charge in [0, 0.05) is 36.4 Å². The third-order valence-electron chi connectivity index (χ3n) is 3.51. The molecule has 6 heteroatoms. The number of methoxy groups -OCH3 is 1. The van der Waals surface area contributed by atoms with E-state index >= 15 is 0 Å². The fourth-order valence-corrected chi connectivity index (χ4v) is 3.32. The first kappa shape index (κ1) is 12.4. The Morgan fingerprint density at radius 1 is 1.58 bits per heavy atom. The number of carbonyl (C=O) groups is 1. The standard InChI is InChI=1S/C13H14N2O3S/c1-18-8-6-10(13(16)17)15(7-8)12-9-3-5-19-11(9)2-4-14-12/h2-5,8,10H,6-7H2,1H3,(H,16,17). The Balaban J connectivity index is 2.04. The number of thiophene rings is 1. The second-order valence-electron chi connectivity index (χ2n) is 4.57. The Morgan fingerprint density at radius 3 is 3.16 bits per heavy atom. The summed E-state index contributed by atoms with van der Waals surface area (Å²) in [6.45, 7) is 0.565. The Hall–Kier alpha value is -1.66. The van der Waals surface area contributed by atoms with E-state index in [1.54, 1.807) is 24.6 Å². The molecule has 0 bridgehead atoms. The first-order valence-corrected chi connectivity index (χ1v) is 6.93. The number of ether oxygens (including phenoxy) is 1. The van der Waals surface area contributed by atoms with Gasteiger partial charge in [-0.1, -0.05) is 0 Å². The summed E-state index contributed by atoms with van der Waals surface area (Å²) in [5, 5.41) is 12.4. The number of nitrogens with zero attached hydrogens (tertiary/aromatic N) is 2. The molecule has 2 aromatic heterocycles. The number of rotatable bonds is 3. The van der Waals surface area contributed by atoms with Crippen LogP contribution in [-0.4, -0.2) is 41.9 Å². The monoisotopic (exact) mass is 278 g/mol. The van der Waals surface area contributed by atoms with Crippen molar-refractivity contribution < 1.29 is 14.6 Å². The van der Waals surface area contributed by atoms with Crippen LogP contribution >= 0.6 is 11.3 Å². The molecule has 0 spiro atoms. The lowest BCUT2D eigenvalue weighted by molar-refractivity contribution is -0.138. The molecule has 2 unspecified atom stereocenters. The van der Waals surface area contributed by atoms with Crippen molar-refractivity contribution in [2.45, 2.75) is 18.6 Å². The Morgan fingerprint density at radius 2 is 2.42 bits per heavy atom. The van der Waals surface area contributed by atoms with Crippen LogP contribution in [0.5, 0.6) is 0 Å². The maximum atomic E-state index is 11.4. The highest BCUT2D eigenvalue weighted by Gasteiger charge is 2.38. The SMILES string of the molecule is COC1CC(C(=O)O)N(c2nccc3sccc23)C1. The zero-order valence-electron chi connectivity index (χ0n) is 10.4. The summed E-state index contributed by atoms with van der Waals surface area (Å²) in [6, 6.07) is 3.37. The van der Waals surface area contributed by atoms with Gasteiger partial charge in [0.1, 0.15) is 11.9 Å². The highest BCUT2D eigenvalue weighted by atomic mass is 32.1. The fraction of sp³-hybridized carbons (Fsp3) is 0.385. The summed E-state index contributed by atoms with van der Waals surface area (Å²) >= 11 is 1.63.